The molecule has 0 N–H and O–H groups in total. The standard InChI is InChI=1S/C25H26ClNO5S2/c1-3-13-31-23(28)9-6-12-27-24(29)22(34-25(27)33)15-17-10-11-20(21(14-17)30-2)32-16-18-7-4-5-8-19(18)26/h4-5,7-8,10-11,14-15H,3,6,9,12-13,16H2,1-2H3/b22-15-. The van der Waals surface area contributed by atoms with E-state index >= 15 is 0 Å². The van der Waals surface area contributed by atoms with Crippen molar-refractivity contribution in [3.05, 3.63) is 63.5 Å². The van der Waals surface area contributed by atoms with E-state index in [0.717, 1.165) is 17.5 Å². The zero-order chi connectivity index (χ0) is 24.5. The fourth-order valence-electron chi connectivity index (χ4n) is 3.18. The number of ether oxygens (including phenoxy) is 3. The van der Waals surface area contributed by atoms with Crippen molar-refractivity contribution in [1.29, 1.82) is 0 Å². The molecule has 0 radical (unpaired) electrons. The van der Waals surface area contributed by atoms with Crippen LogP contribution in [0.1, 0.15) is 37.3 Å². The zero-order valence-corrected chi connectivity index (χ0v) is 21.4. The summed E-state index contributed by atoms with van der Waals surface area (Å²) in [6.45, 7) is 3.04. The highest BCUT2D eigenvalue weighted by Crippen LogP contribution is 2.35. The molecule has 1 heterocycles. The van der Waals surface area contributed by atoms with Crippen LogP contribution >= 0.6 is 35.6 Å². The van der Waals surface area contributed by atoms with Crippen molar-refractivity contribution in [1.82, 2.24) is 4.90 Å². The van der Waals surface area contributed by atoms with E-state index in [1.54, 1.807) is 25.3 Å². The third-order valence-electron chi connectivity index (χ3n) is 4.93. The predicted octanol–water partition coefficient (Wildman–Crippen LogP) is 5.86. The van der Waals surface area contributed by atoms with Gasteiger partial charge in [-0.1, -0.05) is 66.8 Å². The first-order valence-corrected chi connectivity index (χ1v) is 12.5. The Bertz CT molecular complexity index is 1090. The first-order valence-electron chi connectivity index (χ1n) is 10.9. The van der Waals surface area contributed by atoms with Gasteiger partial charge >= 0.3 is 5.97 Å². The Balaban J connectivity index is 1.63. The van der Waals surface area contributed by atoms with Crippen LogP contribution < -0.4 is 9.47 Å². The number of benzene rings is 2. The van der Waals surface area contributed by atoms with Crippen molar-refractivity contribution in [2.75, 3.05) is 20.3 Å². The SMILES string of the molecule is CCCOC(=O)CCCN1C(=O)/C(=C/c2ccc(OCc3ccccc3Cl)c(OC)c2)SC1=S. The van der Waals surface area contributed by atoms with Gasteiger partial charge in [0.15, 0.2) is 11.5 Å². The summed E-state index contributed by atoms with van der Waals surface area (Å²) in [6.07, 6.45) is 3.30. The number of halogens is 1. The maximum absolute atomic E-state index is 12.8. The molecule has 0 atom stereocenters. The molecule has 1 aliphatic heterocycles. The molecule has 0 spiro atoms. The summed E-state index contributed by atoms with van der Waals surface area (Å²) in [5.74, 6) is 0.686. The average Bonchev–Trinajstić information content (AvgIpc) is 3.09. The van der Waals surface area contributed by atoms with Crippen LogP contribution in [0.5, 0.6) is 11.5 Å². The lowest BCUT2D eigenvalue weighted by Crippen LogP contribution is -2.29. The molecule has 2 aromatic carbocycles. The van der Waals surface area contributed by atoms with Gasteiger partial charge in [-0.05, 0) is 42.7 Å². The fraction of sp³-hybridized carbons (Fsp3) is 0.320. The van der Waals surface area contributed by atoms with Crippen LogP contribution in [0.4, 0.5) is 0 Å². The molecule has 3 rings (SSSR count). The highest BCUT2D eigenvalue weighted by molar-refractivity contribution is 8.26. The van der Waals surface area contributed by atoms with Crippen LogP contribution in [0.2, 0.25) is 5.02 Å². The van der Waals surface area contributed by atoms with Crippen molar-refractivity contribution in [2.45, 2.75) is 32.8 Å². The van der Waals surface area contributed by atoms with Gasteiger partial charge in [0.25, 0.3) is 5.91 Å². The van der Waals surface area contributed by atoms with Crippen molar-refractivity contribution >= 4 is 57.9 Å². The quantitative estimate of drug-likeness (QED) is 0.209. The molecule has 34 heavy (non-hydrogen) atoms. The van der Waals surface area contributed by atoms with Gasteiger partial charge in [-0.15, -0.1) is 0 Å². The second-order valence-corrected chi connectivity index (χ2v) is 9.53. The number of amides is 1. The molecule has 1 aliphatic rings. The molecule has 0 aliphatic carbocycles. The molecule has 180 valence electrons. The van der Waals surface area contributed by atoms with E-state index in [-0.39, 0.29) is 18.3 Å². The summed E-state index contributed by atoms with van der Waals surface area (Å²) >= 11 is 12.8. The average molecular weight is 520 g/mol. The molecular weight excluding hydrogens is 494 g/mol. The minimum atomic E-state index is -0.258. The van der Waals surface area contributed by atoms with Crippen LogP contribution in [0, 0.1) is 0 Å². The van der Waals surface area contributed by atoms with Crippen molar-refractivity contribution in [3.63, 3.8) is 0 Å². The van der Waals surface area contributed by atoms with Gasteiger partial charge in [0.1, 0.15) is 10.9 Å². The summed E-state index contributed by atoms with van der Waals surface area (Å²) in [5, 5.41) is 0.637. The molecule has 1 amide bonds. The molecule has 1 fully saturated rings. The largest absolute Gasteiger partial charge is 0.493 e. The monoisotopic (exact) mass is 519 g/mol. The van der Waals surface area contributed by atoms with Gasteiger partial charge in [0, 0.05) is 23.6 Å². The molecule has 0 saturated carbocycles. The number of thioether (sulfide) groups is 1. The molecule has 9 heteroatoms. The normalized spacial score (nSPS) is 14.6. The maximum Gasteiger partial charge on any atom is 0.305 e. The molecule has 2 aromatic rings. The summed E-state index contributed by atoms with van der Waals surface area (Å²) in [4.78, 5) is 26.6. The Hall–Kier alpha value is -2.55. The molecule has 1 saturated heterocycles. The van der Waals surface area contributed by atoms with Crippen molar-refractivity contribution in [3.8, 4) is 11.5 Å². The van der Waals surface area contributed by atoms with Gasteiger partial charge in [-0.3, -0.25) is 14.5 Å². The Morgan fingerprint density at radius 1 is 1.21 bits per heavy atom. The summed E-state index contributed by atoms with van der Waals surface area (Å²) in [7, 11) is 1.56. The minimum absolute atomic E-state index is 0.171. The summed E-state index contributed by atoms with van der Waals surface area (Å²) in [6, 6.07) is 12.9. The van der Waals surface area contributed by atoms with Gasteiger partial charge in [0.2, 0.25) is 0 Å². The van der Waals surface area contributed by atoms with Gasteiger partial charge in [-0.2, -0.15) is 0 Å². The topological polar surface area (TPSA) is 65.1 Å². The third-order valence-corrected chi connectivity index (χ3v) is 6.68. The number of esters is 1. The lowest BCUT2D eigenvalue weighted by molar-refractivity contribution is -0.144. The number of nitrogens with zero attached hydrogens (tertiary/aromatic N) is 1. The second kappa shape index (κ2) is 12.8. The highest BCUT2D eigenvalue weighted by atomic mass is 35.5. The lowest BCUT2D eigenvalue weighted by atomic mass is 10.1. The molecule has 6 nitrogen and oxygen atoms in total. The smallest absolute Gasteiger partial charge is 0.305 e. The predicted molar refractivity (Wildman–Crippen MR) is 139 cm³/mol. The number of hydrogen-bond acceptors (Lipinski definition) is 7. The van der Waals surface area contributed by atoms with Crippen LogP contribution in [0.15, 0.2) is 47.4 Å². The maximum atomic E-state index is 12.8. The van der Waals surface area contributed by atoms with E-state index in [9.17, 15) is 9.59 Å². The molecule has 0 unspecified atom stereocenters. The number of carbonyl (C=O) groups excluding carboxylic acids is 2. The van der Waals surface area contributed by atoms with E-state index in [0.29, 0.717) is 51.9 Å². The molecule has 0 bridgehead atoms. The van der Waals surface area contributed by atoms with Crippen LogP contribution in [-0.2, 0) is 20.9 Å². The van der Waals surface area contributed by atoms with Crippen molar-refractivity contribution in [2.24, 2.45) is 0 Å². The van der Waals surface area contributed by atoms with E-state index < -0.39 is 0 Å². The fourth-order valence-corrected chi connectivity index (χ4v) is 4.68. The van der Waals surface area contributed by atoms with E-state index in [1.165, 1.54) is 16.7 Å². The van der Waals surface area contributed by atoms with E-state index in [4.69, 9.17) is 38.0 Å². The third kappa shape index (κ3) is 6.98. The Morgan fingerprint density at radius 3 is 2.74 bits per heavy atom. The number of hydrogen-bond donors (Lipinski definition) is 0. The molecular formula is C25H26ClNO5S2. The lowest BCUT2D eigenvalue weighted by Gasteiger charge is -2.14. The van der Waals surface area contributed by atoms with Gasteiger partial charge < -0.3 is 14.2 Å². The molecule has 0 aromatic heterocycles. The number of thiocarbonyl (C=S) groups is 1. The van der Waals surface area contributed by atoms with Crippen molar-refractivity contribution < 1.29 is 23.8 Å². The van der Waals surface area contributed by atoms with Gasteiger partial charge in [0.05, 0.1) is 18.6 Å². The second-order valence-electron chi connectivity index (χ2n) is 7.45. The highest BCUT2D eigenvalue weighted by Gasteiger charge is 2.31. The zero-order valence-electron chi connectivity index (χ0n) is 19.0. The number of rotatable bonds is 11. The summed E-state index contributed by atoms with van der Waals surface area (Å²) in [5.41, 5.74) is 1.66. The van der Waals surface area contributed by atoms with E-state index in [1.807, 2.05) is 37.3 Å². The van der Waals surface area contributed by atoms with Gasteiger partial charge in [-0.25, -0.2) is 0 Å². The Morgan fingerprint density at radius 2 is 2.00 bits per heavy atom. The van der Waals surface area contributed by atoms with Crippen LogP contribution in [-0.4, -0.2) is 41.4 Å². The Kier molecular flexibility index (Phi) is 9.80. The first-order chi connectivity index (χ1) is 16.4. The van der Waals surface area contributed by atoms with Crippen LogP contribution in [0.25, 0.3) is 6.08 Å². The number of methoxy groups -OCH3 is 1. The summed E-state index contributed by atoms with van der Waals surface area (Å²) < 4.78 is 16.9. The van der Waals surface area contributed by atoms with E-state index in [2.05, 4.69) is 0 Å². The first kappa shape index (κ1) is 26.1. The van der Waals surface area contributed by atoms with Crippen LogP contribution in [0.3, 0.4) is 0 Å². The minimum Gasteiger partial charge on any atom is -0.493 e. The number of carbonyl (C=O) groups is 2. The Labute approximate surface area is 214 Å².